The Kier molecular flexibility index (Phi) is 7.62. The molecule has 2 radical (unpaired) electrons. The topological polar surface area (TPSA) is 34.1 Å². The van der Waals surface area contributed by atoms with Crippen LogP contribution in [0.25, 0.3) is 0 Å². The molecule has 0 amide bonds. The van der Waals surface area contributed by atoms with Gasteiger partial charge in [-0.15, -0.1) is 0 Å². The minimum Gasteiger partial charge on any atom is -0.291 e. The zero-order valence-electron chi connectivity index (χ0n) is 22.0. The van der Waals surface area contributed by atoms with E-state index in [1.165, 1.54) is 57.8 Å². The molecule has 3 fully saturated rings. The van der Waals surface area contributed by atoms with Gasteiger partial charge in [-0.3, -0.25) is 9.59 Å². The first-order valence-electron chi connectivity index (χ1n) is 14.2. The van der Waals surface area contributed by atoms with Gasteiger partial charge in [-0.25, -0.2) is 0 Å². The summed E-state index contributed by atoms with van der Waals surface area (Å²) in [5.41, 5.74) is 2.45. The van der Waals surface area contributed by atoms with Crippen molar-refractivity contribution in [2.75, 3.05) is 0 Å². The van der Waals surface area contributed by atoms with E-state index in [0.717, 1.165) is 48.3 Å². The summed E-state index contributed by atoms with van der Waals surface area (Å²) < 4.78 is 0. The van der Waals surface area contributed by atoms with Crippen LogP contribution in [-0.4, -0.2) is 12.6 Å². The molecule has 184 valence electrons. The van der Waals surface area contributed by atoms with Crippen LogP contribution in [-0.2, 0) is 9.59 Å². The van der Waals surface area contributed by atoms with E-state index in [1.807, 2.05) is 6.29 Å². The third-order valence-electron chi connectivity index (χ3n) is 11.4. The van der Waals surface area contributed by atoms with E-state index >= 15 is 0 Å². The van der Waals surface area contributed by atoms with Crippen molar-refractivity contribution in [3.8, 4) is 0 Å². The van der Waals surface area contributed by atoms with Gasteiger partial charge in [-0.2, -0.15) is 0 Å². The Balaban J connectivity index is 1.47. The zero-order chi connectivity index (χ0) is 23.8. The molecular weight excluding hydrogens is 404 g/mol. The number of fused-ring (bicyclic) bond motifs is 5. The molecule has 0 aromatic rings. The van der Waals surface area contributed by atoms with Crippen molar-refractivity contribution in [2.45, 2.75) is 112 Å². The lowest BCUT2D eigenvalue weighted by Crippen LogP contribution is -2.50. The van der Waals surface area contributed by atoms with Gasteiger partial charge in [0, 0.05) is 12.3 Å². The fraction of sp³-hybridized carbons (Fsp3) is 0.871. The molecule has 0 bridgehead atoms. The quantitative estimate of drug-likeness (QED) is 0.333. The van der Waals surface area contributed by atoms with Gasteiger partial charge in [0.25, 0.3) is 0 Å². The minimum atomic E-state index is -0.256. The average molecular weight is 453 g/mol. The SMILES string of the molecule is CC(C)CCC[C@@H](C)[C@H]1CCC2C3CC=C4CC(C([C]=O)C[C]=O)CC[C@]4(C)C3CC[C@@]21C. The van der Waals surface area contributed by atoms with Crippen molar-refractivity contribution < 1.29 is 9.59 Å². The first kappa shape index (κ1) is 25.2. The Labute approximate surface area is 203 Å². The summed E-state index contributed by atoms with van der Waals surface area (Å²) in [5, 5.41) is 0. The van der Waals surface area contributed by atoms with Gasteiger partial charge < -0.3 is 0 Å². The fourth-order valence-electron chi connectivity index (χ4n) is 9.45. The molecular formula is C31H48O2. The Hall–Kier alpha value is -0.920. The van der Waals surface area contributed by atoms with Crippen molar-refractivity contribution in [3.63, 3.8) is 0 Å². The van der Waals surface area contributed by atoms with E-state index in [0.29, 0.717) is 10.8 Å². The summed E-state index contributed by atoms with van der Waals surface area (Å²) in [7, 11) is 0. The van der Waals surface area contributed by atoms with Gasteiger partial charge in [0.1, 0.15) is 0 Å². The molecule has 0 aliphatic heterocycles. The van der Waals surface area contributed by atoms with E-state index in [1.54, 1.807) is 5.57 Å². The highest BCUT2D eigenvalue weighted by molar-refractivity contribution is 5.63. The van der Waals surface area contributed by atoms with Crippen molar-refractivity contribution in [2.24, 2.45) is 58.2 Å². The lowest BCUT2D eigenvalue weighted by Gasteiger charge is -2.59. The lowest BCUT2D eigenvalue weighted by molar-refractivity contribution is -0.0535. The standard InChI is InChI=1S/C31H48O2/c1-21(2)7-6-8-22(3)27-11-12-28-26-10-9-25-19-23(24(20-33)15-18-32)13-16-30(25,4)29(26)14-17-31(27,28)5/h9,21-24,26-29H,6-8,10-17,19H2,1-5H3/t22-,23?,24?,26?,27-,28?,29?,30+,31-/m1/s1. The molecule has 3 saturated carbocycles. The van der Waals surface area contributed by atoms with Crippen molar-refractivity contribution >= 4 is 12.6 Å². The Morgan fingerprint density at radius 3 is 2.48 bits per heavy atom. The van der Waals surface area contributed by atoms with Gasteiger partial charge in [0.05, 0.1) is 0 Å². The molecule has 4 aliphatic rings. The average Bonchev–Trinajstić information content (AvgIpc) is 3.14. The number of rotatable bonds is 9. The number of carbonyl (C=O) groups excluding carboxylic acids is 2. The monoisotopic (exact) mass is 452 g/mol. The highest BCUT2D eigenvalue weighted by atomic mass is 16.1. The molecule has 0 aromatic carbocycles. The second kappa shape index (κ2) is 9.98. The summed E-state index contributed by atoms with van der Waals surface area (Å²) in [6.45, 7) is 12.5. The van der Waals surface area contributed by atoms with Crippen LogP contribution >= 0.6 is 0 Å². The molecule has 4 rings (SSSR count). The molecule has 33 heavy (non-hydrogen) atoms. The van der Waals surface area contributed by atoms with Gasteiger partial charge in [-0.05, 0) is 104 Å². The molecule has 2 nitrogen and oxygen atoms in total. The fourth-order valence-corrected chi connectivity index (χ4v) is 9.45. The van der Waals surface area contributed by atoms with Crippen LogP contribution in [0.2, 0.25) is 0 Å². The van der Waals surface area contributed by atoms with Crippen molar-refractivity contribution in [1.82, 2.24) is 0 Å². The molecule has 0 N–H and O–H groups in total. The summed E-state index contributed by atoms with van der Waals surface area (Å²) in [4.78, 5) is 22.4. The molecule has 0 aromatic heterocycles. The number of hydrogen-bond donors (Lipinski definition) is 0. The maximum absolute atomic E-state index is 11.5. The van der Waals surface area contributed by atoms with Crippen LogP contribution in [0.15, 0.2) is 11.6 Å². The van der Waals surface area contributed by atoms with Crippen LogP contribution < -0.4 is 0 Å². The van der Waals surface area contributed by atoms with Crippen molar-refractivity contribution in [3.05, 3.63) is 11.6 Å². The maximum Gasteiger partial charge on any atom is 0.202 e. The zero-order valence-corrected chi connectivity index (χ0v) is 22.0. The van der Waals surface area contributed by atoms with Gasteiger partial charge >= 0.3 is 0 Å². The molecule has 0 heterocycles. The number of allylic oxidation sites excluding steroid dienone is 2. The summed E-state index contributed by atoms with van der Waals surface area (Å²) in [5.74, 6) is 5.18. The predicted octanol–water partition coefficient (Wildman–Crippen LogP) is 7.87. The molecule has 5 unspecified atom stereocenters. The Morgan fingerprint density at radius 1 is 1.00 bits per heavy atom. The summed E-state index contributed by atoms with van der Waals surface area (Å²) in [6, 6.07) is 0. The summed E-state index contributed by atoms with van der Waals surface area (Å²) >= 11 is 0. The maximum atomic E-state index is 11.5. The van der Waals surface area contributed by atoms with Gasteiger partial charge in [-0.1, -0.05) is 65.5 Å². The van der Waals surface area contributed by atoms with Crippen LogP contribution in [0.4, 0.5) is 0 Å². The second-order valence-corrected chi connectivity index (χ2v) is 13.4. The third kappa shape index (κ3) is 4.54. The third-order valence-corrected chi connectivity index (χ3v) is 11.4. The normalized spacial score (nSPS) is 42.0. The van der Waals surface area contributed by atoms with Gasteiger partial charge in [0.15, 0.2) is 6.29 Å². The predicted molar refractivity (Wildman–Crippen MR) is 136 cm³/mol. The molecule has 9 atom stereocenters. The van der Waals surface area contributed by atoms with Crippen molar-refractivity contribution in [1.29, 1.82) is 0 Å². The number of hydrogen-bond acceptors (Lipinski definition) is 2. The largest absolute Gasteiger partial charge is 0.291 e. The summed E-state index contributed by atoms with van der Waals surface area (Å²) in [6.07, 6.45) is 21.3. The smallest absolute Gasteiger partial charge is 0.202 e. The van der Waals surface area contributed by atoms with E-state index in [2.05, 4.69) is 47.0 Å². The first-order valence-corrected chi connectivity index (χ1v) is 14.2. The highest BCUT2D eigenvalue weighted by Crippen LogP contribution is 2.67. The van der Waals surface area contributed by atoms with E-state index in [9.17, 15) is 9.59 Å². The molecule has 2 heteroatoms. The van der Waals surface area contributed by atoms with E-state index in [-0.39, 0.29) is 18.3 Å². The molecule has 0 spiro atoms. The molecule has 4 aliphatic carbocycles. The first-order chi connectivity index (χ1) is 15.7. The second-order valence-electron chi connectivity index (χ2n) is 13.4. The van der Waals surface area contributed by atoms with Crippen LogP contribution in [0.5, 0.6) is 0 Å². The Morgan fingerprint density at radius 2 is 1.79 bits per heavy atom. The van der Waals surface area contributed by atoms with Crippen LogP contribution in [0.1, 0.15) is 112 Å². The van der Waals surface area contributed by atoms with Crippen LogP contribution in [0.3, 0.4) is 0 Å². The van der Waals surface area contributed by atoms with E-state index in [4.69, 9.17) is 0 Å². The Bertz CT molecular complexity index is 737. The molecule has 0 saturated heterocycles. The highest BCUT2D eigenvalue weighted by Gasteiger charge is 2.59. The van der Waals surface area contributed by atoms with Crippen LogP contribution in [0, 0.1) is 58.2 Å². The minimum absolute atomic E-state index is 0.224. The lowest BCUT2D eigenvalue weighted by atomic mass is 9.46. The van der Waals surface area contributed by atoms with Gasteiger partial charge in [0.2, 0.25) is 6.29 Å². The van der Waals surface area contributed by atoms with E-state index < -0.39 is 0 Å².